The van der Waals surface area contributed by atoms with Gasteiger partial charge in [0.05, 0.1) is 13.7 Å². The maximum Gasteiger partial charge on any atom is 0.328 e. The van der Waals surface area contributed by atoms with Gasteiger partial charge in [-0.05, 0) is 35.6 Å². The van der Waals surface area contributed by atoms with Gasteiger partial charge < -0.3 is 14.6 Å². The fourth-order valence-corrected chi connectivity index (χ4v) is 1.73. The molecule has 1 N–H and O–H groups in total. The van der Waals surface area contributed by atoms with Crippen molar-refractivity contribution in [1.82, 2.24) is 0 Å². The van der Waals surface area contributed by atoms with Crippen LogP contribution >= 0.6 is 0 Å². The number of hydrogen-bond acceptors (Lipinski definition) is 3. The highest BCUT2D eigenvalue weighted by atomic mass is 16.5. The first kappa shape index (κ1) is 17.2. The number of methoxy groups -OCH3 is 1. The normalized spacial score (nSPS) is 11.8. The Kier molecular flexibility index (Phi) is 6.43. The van der Waals surface area contributed by atoms with Gasteiger partial charge in [0.1, 0.15) is 5.75 Å². The van der Waals surface area contributed by atoms with Crippen LogP contribution in [0.3, 0.4) is 0 Å². The maximum atomic E-state index is 10.6. The second-order valence-corrected chi connectivity index (χ2v) is 6.11. The summed E-state index contributed by atoms with van der Waals surface area (Å²) in [6.07, 6.45) is 3.62. The molecule has 0 saturated carbocycles. The van der Waals surface area contributed by atoms with E-state index in [0.29, 0.717) is 19.0 Å². The van der Waals surface area contributed by atoms with Crippen LogP contribution in [0.25, 0.3) is 6.08 Å². The van der Waals surface area contributed by atoms with E-state index in [1.165, 1.54) is 6.08 Å². The zero-order valence-corrected chi connectivity index (χ0v) is 13.2. The maximum absolute atomic E-state index is 10.6. The van der Waals surface area contributed by atoms with Crippen molar-refractivity contribution in [2.75, 3.05) is 13.7 Å². The smallest absolute Gasteiger partial charge is 0.328 e. The van der Waals surface area contributed by atoms with Gasteiger partial charge in [-0.25, -0.2) is 4.79 Å². The monoisotopic (exact) mass is 292 g/mol. The molecule has 1 aromatic rings. The molecule has 0 aliphatic heterocycles. The molecule has 0 spiro atoms. The lowest BCUT2D eigenvalue weighted by molar-refractivity contribution is -0.131. The average molecular weight is 292 g/mol. The van der Waals surface area contributed by atoms with Crippen molar-refractivity contribution in [3.8, 4) is 5.75 Å². The Morgan fingerprint density at radius 3 is 2.62 bits per heavy atom. The highest BCUT2D eigenvalue weighted by Crippen LogP contribution is 2.22. The van der Waals surface area contributed by atoms with E-state index < -0.39 is 5.97 Å². The fourth-order valence-electron chi connectivity index (χ4n) is 1.73. The Hall–Kier alpha value is -1.81. The fraction of sp³-hybridized carbons (Fsp3) is 0.471. The minimum Gasteiger partial charge on any atom is -0.496 e. The first-order chi connectivity index (χ1) is 9.81. The number of carboxylic acid groups (broad SMARTS) is 1. The van der Waals surface area contributed by atoms with Gasteiger partial charge in [0.2, 0.25) is 0 Å². The molecule has 0 amide bonds. The van der Waals surface area contributed by atoms with Crippen LogP contribution in [0.1, 0.15) is 38.3 Å². The molecule has 21 heavy (non-hydrogen) atoms. The van der Waals surface area contributed by atoms with Crippen molar-refractivity contribution in [1.29, 1.82) is 0 Å². The second-order valence-electron chi connectivity index (χ2n) is 6.11. The number of carbonyl (C=O) groups is 1. The van der Waals surface area contributed by atoms with E-state index in [4.69, 9.17) is 14.6 Å². The van der Waals surface area contributed by atoms with Crippen LogP contribution in [-0.4, -0.2) is 24.8 Å². The highest BCUT2D eigenvalue weighted by molar-refractivity contribution is 5.85. The second kappa shape index (κ2) is 7.84. The van der Waals surface area contributed by atoms with Gasteiger partial charge >= 0.3 is 5.97 Å². The zero-order valence-electron chi connectivity index (χ0n) is 13.2. The summed E-state index contributed by atoms with van der Waals surface area (Å²) in [5, 5.41) is 8.70. The van der Waals surface area contributed by atoms with E-state index in [1.807, 2.05) is 18.2 Å². The van der Waals surface area contributed by atoms with E-state index in [2.05, 4.69) is 20.8 Å². The zero-order chi connectivity index (χ0) is 15.9. The number of aliphatic carboxylic acids is 1. The van der Waals surface area contributed by atoms with Crippen molar-refractivity contribution in [3.05, 3.63) is 35.4 Å². The lowest BCUT2D eigenvalue weighted by Crippen LogP contribution is -2.09. The van der Waals surface area contributed by atoms with Gasteiger partial charge in [0, 0.05) is 18.2 Å². The van der Waals surface area contributed by atoms with Crippen molar-refractivity contribution in [2.45, 2.75) is 33.8 Å². The van der Waals surface area contributed by atoms with E-state index in [1.54, 1.807) is 7.11 Å². The largest absolute Gasteiger partial charge is 0.496 e. The molecule has 4 heteroatoms. The lowest BCUT2D eigenvalue weighted by atomic mass is 9.93. The van der Waals surface area contributed by atoms with Gasteiger partial charge in [-0.3, -0.25) is 0 Å². The van der Waals surface area contributed by atoms with Gasteiger partial charge in [0.15, 0.2) is 0 Å². The third-order valence-electron chi connectivity index (χ3n) is 2.96. The molecular formula is C17H24O4. The molecule has 1 rings (SSSR count). The van der Waals surface area contributed by atoms with Gasteiger partial charge in [0.25, 0.3) is 0 Å². The summed E-state index contributed by atoms with van der Waals surface area (Å²) >= 11 is 0. The third kappa shape index (κ3) is 6.95. The minimum absolute atomic E-state index is 0.259. The standard InChI is InChI=1S/C17H24O4/c1-17(2,3)9-10-21-12-13-5-7-15(20-4)14(11-13)6-8-16(18)19/h5-8,11H,9-10,12H2,1-4H3,(H,18,19). The SMILES string of the molecule is COc1ccc(COCCC(C)(C)C)cc1C=CC(=O)O. The molecule has 0 aliphatic carbocycles. The molecule has 0 unspecified atom stereocenters. The van der Waals surface area contributed by atoms with E-state index in [9.17, 15) is 4.79 Å². The summed E-state index contributed by atoms with van der Waals surface area (Å²) in [6, 6.07) is 5.63. The number of benzene rings is 1. The molecule has 0 bridgehead atoms. The van der Waals surface area contributed by atoms with Gasteiger partial charge in [-0.15, -0.1) is 0 Å². The molecule has 0 fully saturated rings. The van der Waals surface area contributed by atoms with Crippen LogP contribution in [0, 0.1) is 5.41 Å². The molecular weight excluding hydrogens is 268 g/mol. The number of carboxylic acids is 1. The molecule has 1 aromatic carbocycles. The van der Waals surface area contributed by atoms with Crippen LogP contribution < -0.4 is 4.74 Å². The summed E-state index contributed by atoms with van der Waals surface area (Å²) in [7, 11) is 1.56. The van der Waals surface area contributed by atoms with E-state index in [-0.39, 0.29) is 5.41 Å². The van der Waals surface area contributed by atoms with E-state index >= 15 is 0 Å². The molecule has 0 radical (unpaired) electrons. The summed E-state index contributed by atoms with van der Waals surface area (Å²) in [5.74, 6) is -0.338. The Morgan fingerprint density at radius 1 is 1.33 bits per heavy atom. The lowest BCUT2D eigenvalue weighted by Gasteiger charge is -2.17. The first-order valence-electron chi connectivity index (χ1n) is 6.97. The van der Waals surface area contributed by atoms with Crippen molar-refractivity contribution in [2.24, 2.45) is 5.41 Å². The summed E-state index contributed by atoms with van der Waals surface area (Å²) < 4.78 is 10.9. The first-order valence-corrected chi connectivity index (χ1v) is 6.97. The van der Waals surface area contributed by atoms with Crippen molar-refractivity contribution < 1.29 is 19.4 Å². The average Bonchev–Trinajstić information content (AvgIpc) is 2.40. The van der Waals surface area contributed by atoms with Crippen molar-refractivity contribution in [3.63, 3.8) is 0 Å². The summed E-state index contributed by atoms with van der Waals surface area (Å²) in [6.45, 7) is 7.75. The number of rotatable bonds is 7. The van der Waals surface area contributed by atoms with Crippen LogP contribution in [-0.2, 0) is 16.1 Å². The third-order valence-corrected chi connectivity index (χ3v) is 2.96. The molecule has 4 nitrogen and oxygen atoms in total. The Labute approximate surface area is 126 Å². The van der Waals surface area contributed by atoms with Gasteiger partial charge in [-0.1, -0.05) is 26.8 Å². The Morgan fingerprint density at radius 2 is 2.05 bits per heavy atom. The Balaban J connectivity index is 2.67. The van der Waals surface area contributed by atoms with Gasteiger partial charge in [-0.2, -0.15) is 0 Å². The van der Waals surface area contributed by atoms with Crippen LogP contribution in [0.15, 0.2) is 24.3 Å². The number of ether oxygens (including phenoxy) is 2. The summed E-state index contributed by atoms with van der Waals surface area (Å²) in [4.78, 5) is 10.6. The quantitative estimate of drug-likeness (QED) is 0.614. The minimum atomic E-state index is -0.983. The van der Waals surface area contributed by atoms with Crippen molar-refractivity contribution >= 4 is 12.0 Å². The van der Waals surface area contributed by atoms with Crippen LogP contribution in [0.2, 0.25) is 0 Å². The Bertz CT molecular complexity index is 498. The molecule has 0 atom stereocenters. The molecule has 116 valence electrons. The summed E-state index contributed by atoms with van der Waals surface area (Å²) in [5.41, 5.74) is 1.99. The molecule has 0 aliphatic rings. The molecule has 0 heterocycles. The van der Waals surface area contributed by atoms with E-state index in [0.717, 1.165) is 23.6 Å². The molecule has 0 aromatic heterocycles. The number of hydrogen-bond donors (Lipinski definition) is 1. The van der Waals surface area contributed by atoms with Crippen LogP contribution in [0.4, 0.5) is 0 Å². The van der Waals surface area contributed by atoms with Crippen LogP contribution in [0.5, 0.6) is 5.75 Å². The molecule has 0 saturated heterocycles. The highest BCUT2D eigenvalue weighted by Gasteiger charge is 2.09. The predicted molar refractivity (Wildman–Crippen MR) is 83.4 cm³/mol. The topological polar surface area (TPSA) is 55.8 Å². The predicted octanol–water partition coefficient (Wildman–Crippen LogP) is 3.75.